The molecule has 1 aliphatic carbocycles. The summed E-state index contributed by atoms with van der Waals surface area (Å²) in [6.45, 7) is 2.49. The van der Waals surface area contributed by atoms with Crippen molar-refractivity contribution in [2.24, 2.45) is 22.1 Å². The van der Waals surface area contributed by atoms with Crippen LogP contribution in [0.4, 0.5) is 11.4 Å². The van der Waals surface area contributed by atoms with Crippen LogP contribution in [-0.2, 0) is 14.4 Å². The minimum Gasteiger partial charge on any atom is -0.325 e. The van der Waals surface area contributed by atoms with Gasteiger partial charge in [0.05, 0.1) is 11.6 Å². The summed E-state index contributed by atoms with van der Waals surface area (Å²) in [4.78, 5) is 39.4. The summed E-state index contributed by atoms with van der Waals surface area (Å²) in [7, 11) is 0. The topological polar surface area (TPSA) is 91.2 Å². The van der Waals surface area contributed by atoms with Crippen LogP contribution >= 0.6 is 0 Å². The largest absolute Gasteiger partial charge is 0.325 e. The minimum atomic E-state index is -0.715. The number of benzene rings is 2. The first-order chi connectivity index (χ1) is 16.0. The van der Waals surface area contributed by atoms with Gasteiger partial charge in [0.25, 0.3) is 5.91 Å². The van der Waals surface area contributed by atoms with E-state index in [0.29, 0.717) is 24.4 Å². The lowest BCUT2D eigenvalue weighted by molar-refractivity contribution is -0.129. The number of hydrogen-bond donors (Lipinski definition) is 1. The predicted octanol–water partition coefficient (Wildman–Crippen LogP) is 4.43. The van der Waals surface area contributed by atoms with Crippen molar-refractivity contribution in [1.29, 1.82) is 0 Å². The highest BCUT2D eigenvalue weighted by Gasteiger charge is 2.37. The van der Waals surface area contributed by atoms with Gasteiger partial charge in [-0.3, -0.25) is 14.4 Å². The predicted molar refractivity (Wildman–Crippen MR) is 125 cm³/mol. The number of carbonyl (C=O) groups excluding carboxylic acids is 3. The molecular weight excluding hydrogens is 416 g/mol. The van der Waals surface area contributed by atoms with Gasteiger partial charge in [-0.2, -0.15) is 0 Å². The molecule has 33 heavy (non-hydrogen) atoms. The van der Waals surface area contributed by atoms with Crippen LogP contribution in [0, 0.1) is 18.8 Å². The van der Waals surface area contributed by atoms with E-state index in [-0.39, 0.29) is 17.7 Å². The Balaban J connectivity index is 1.29. The molecule has 5 rings (SSSR count). The number of nitrogens with zero attached hydrogens (tertiary/aromatic N) is 3. The summed E-state index contributed by atoms with van der Waals surface area (Å²) in [5, 5.41) is 10.7. The molecule has 7 nitrogen and oxygen atoms in total. The van der Waals surface area contributed by atoms with Gasteiger partial charge in [-0.05, 0) is 48.7 Å². The number of azo groups is 1. The van der Waals surface area contributed by atoms with Gasteiger partial charge >= 0.3 is 0 Å². The van der Waals surface area contributed by atoms with Crippen LogP contribution in [0.25, 0.3) is 5.70 Å². The van der Waals surface area contributed by atoms with Crippen molar-refractivity contribution in [3.05, 3.63) is 89.5 Å². The molecule has 0 aromatic heterocycles. The maximum atomic E-state index is 12.9. The number of allylic oxidation sites excluding steroid dienone is 3. The van der Waals surface area contributed by atoms with Gasteiger partial charge in [-0.15, -0.1) is 10.2 Å². The molecule has 0 radical (unpaired) electrons. The van der Waals surface area contributed by atoms with Crippen molar-refractivity contribution in [2.75, 3.05) is 16.8 Å². The SMILES string of the molecule is Cc1cccc(N2CCC(C(=O)Nc3ccc(C4=C5C=CC=CC5C(=O)N=N4)cc3)C2=O)c1. The molecule has 7 heteroatoms. The van der Waals surface area contributed by atoms with E-state index in [2.05, 4.69) is 15.5 Å². The number of aryl methyl sites for hydroxylation is 1. The second kappa shape index (κ2) is 8.43. The molecule has 1 fully saturated rings. The Hall–Kier alpha value is -4.13. The van der Waals surface area contributed by atoms with E-state index >= 15 is 0 Å². The van der Waals surface area contributed by atoms with E-state index in [1.165, 1.54) is 0 Å². The molecule has 1 saturated heterocycles. The Morgan fingerprint density at radius 1 is 1.06 bits per heavy atom. The molecule has 0 saturated carbocycles. The maximum absolute atomic E-state index is 12.9. The Labute approximate surface area is 191 Å². The number of fused-ring (bicyclic) bond motifs is 1. The lowest BCUT2D eigenvalue weighted by atomic mass is 9.89. The van der Waals surface area contributed by atoms with Crippen LogP contribution in [0.1, 0.15) is 17.5 Å². The Morgan fingerprint density at radius 3 is 2.67 bits per heavy atom. The van der Waals surface area contributed by atoms with E-state index < -0.39 is 11.8 Å². The van der Waals surface area contributed by atoms with Crippen molar-refractivity contribution in [3.8, 4) is 0 Å². The summed E-state index contributed by atoms with van der Waals surface area (Å²) in [6.07, 6.45) is 7.85. The summed E-state index contributed by atoms with van der Waals surface area (Å²) >= 11 is 0. The maximum Gasteiger partial charge on any atom is 0.276 e. The summed E-state index contributed by atoms with van der Waals surface area (Å²) in [5.41, 5.74) is 4.72. The first kappa shape index (κ1) is 20.8. The molecule has 1 N–H and O–H groups in total. The van der Waals surface area contributed by atoms with Crippen LogP contribution in [-0.4, -0.2) is 24.3 Å². The van der Waals surface area contributed by atoms with Crippen molar-refractivity contribution in [3.63, 3.8) is 0 Å². The number of hydrogen-bond acceptors (Lipinski definition) is 4. The first-order valence-corrected chi connectivity index (χ1v) is 10.9. The van der Waals surface area contributed by atoms with Gasteiger partial charge < -0.3 is 10.2 Å². The second-order valence-corrected chi connectivity index (χ2v) is 8.30. The molecule has 2 aromatic rings. The highest BCUT2D eigenvalue weighted by molar-refractivity contribution is 6.13. The zero-order valence-electron chi connectivity index (χ0n) is 18.1. The van der Waals surface area contributed by atoms with Crippen molar-refractivity contribution in [1.82, 2.24) is 0 Å². The van der Waals surface area contributed by atoms with Gasteiger partial charge in [0.2, 0.25) is 11.8 Å². The number of amides is 3. The van der Waals surface area contributed by atoms with E-state index in [1.54, 1.807) is 17.0 Å². The zero-order valence-corrected chi connectivity index (χ0v) is 18.1. The normalized spacial score (nSPS) is 21.5. The second-order valence-electron chi connectivity index (χ2n) is 8.30. The molecule has 164 valence electrons. The molecule has 2 atom stereocenters. The summed E-state index contributed by atoms with van der Waals surface area (Å²) < 4.78 is 0. The van der Waals surface area contributed by atoms with E-state index in [0.717, 1.165) is 22.4 Å². The van der Waals surface area contributed by atoms with Gasteiger partial charge in [0, 0.05) is 23.5 Å². The smallest absolute Gasteiger partial charge is 0.276 e. The molecule has 2 heterocycles. The molecule has 2 unspecified atom stereocenters. The lowest BCUT2D eigenvalue weighted by Crippen LogP contribution is -2.33. The third kappa shape index (κ3) is 3.93. The van der Waals surface area contributed by atoms with Crippen LogP contribution in [0.3, 0.4) is 0 Å². The summed E-state index contributed by atoms with van der Waals surface area (Å²) in [5.74, 6) is -1.90. The van der Waals surface area contributed by atoms with Gasteiger partial charge in [-0.1, -0.05) is 48.6 Å². The van der Waals surface area contributed by atoms with Crippen molar-refractivity contribution in [2.45, 2.75) is 13.3 Å². The highest BCUT2D eigenvalue weighted by Crippen LogP contribution is 2.34. The van der Waals surface area contributed by atoms with Crippen LogP contribution in [0.2, 0.25) is 0 Å². The van der Waals surface area contributed by atoms with E-state index in [4.69, 9.17) is 0 Å². The zero-order chi connectivity index (χ0) is 22.9. The molecule has 3 aliphatic rings. The first-order valence-electron chi connectivity index (χ1n) is 10.9. The minimum absolute atomic E-state index is 0.183. The fourth-order valence-electron chi connectivity index (χ4n) is 4.34. The average molecular weight is 438 g/mol. The molecule has 3 amide bonds. The van der Waals surface area contributed by atoms with Crippen LogP contribution < -0.4 is 10.2 Å². The molecule has 2 aliphatic heterocycles. The average Bonchev–Trinajstić information content (AvgIpc) is 3.22. The quantitative estimate of drug-likeness (QED) is 0.716. The molecule has 2 aromatic carbocycles. The van der Waals surface area contributed by atoms with Crippen LogP contribution in [0.5, 0.6) is 0 Å². The third-order valence-corrected chi connectivity index (χ3v) is 6.07. The van der Waals surface area contributed by atoms with Gasteiger partial charge in [0.15, 0.2) is 0 Å². The van der Waals surface area contributed by atoms with Crippen LogP contribution in [0.15, 0.2) is 88.6 Å². The third-order valence-electron chi connectivity index (χ3n) is 6.07. The fourth-order valence-corrected chi connectivity index (χ4v) is 4.34. The van der Waals surface area contributed by atoms with Gasteiger partial charge in [0.1, 0.15) is 5.92 Å². The lowest BCUT2D eigenvalue weighted by Gasteiger charge is -2.19. The Kier molecular flexibility index (Phi) is 5.30. The fraction of sp³-hybridized carbons (Fsp3) is 0.192. The number of anilines is 2. The summed E-state index contributed by atoms with van der Waals surface area (Å²) in [6, 6.07) is 14.9. The molecular formula is C26H22N4O3. The van der Waals surface area contributed by atoms with Gasteiger partial charge in [-0.25, -0.2) is 0 Å². The number of carbonyl (C=O) groups is 3. The Morgan fingerprint density at radius 2 is 1.88 bits per heavy atom. The van der Waals surface area contributed by atoms with Crippen molar-refractivity contribution >= 4 is 34.8 Å². The standard InChI is InChI=1S/C26H22N4O3/c1-16-5-4-6-19(15-16)30-14-13-22(26(30)33)24(31)27-18-11-9-17(10-12-18)23-20-7-2-3-8-21(20)25(32)29-28-23/h2-12,15,21-22H,13-14H2,1H3,(H,27,31). The molecule has 0 spiro atoms. The van der Waals surface area contributed by atoms with Crippen molar-refractivity contribution < 1.29 is 14.4 Å². The monoisotopic (exact) mass is 438 g/mol. The number of nitrogens with one attached hydrogen (secondary N) is 1. The Bertz CT molecular complexity index is 1270. The van der Waals surface area contributed by atoms with E-state index in [9.17, 15) is 14.4 Å². The molecule has 0 bridgehead atoms. The highest BCUT2D eigenvalue weighted by atomic mass is 16.2. The number of rotatable bonds is 4. The van der Waals surface area contributed by atoms with E-state index in [1.807, 2.05) is 67.6 Å².